The Morgan fingerprint density at radius 1 is 1.44 bits per heavy atom. The van der Waals surface area contributed by atoms with Crippen LogP contribution < -0.4 is 10.6 Å². The van der Waals surface area contributed by atoms with Gasteiger partial charge in [0.1, 0.15) is 5.82 Å². The number of halogens is 1. The molecule has 2 N–H and O–H groups in total. The molecule has 1 rings (SSSR count). The Morgan fingerprint density at radius 3 is 2.75 bits per heavy atom. The monoisotopic (exact) mass is 222 g/mol. The van der Waals surface area contributed by atoms with E-state index in [0.717, 1.165) is 0 Å². The topological polar surface area (TPSA) is 41.1 Å². The Morgan fingerprint density at radius 2 is 2.12 bits per heavy atom. The molecule has 0 radical (unpaired) electrons. The molecule has 0 spiro atoms. The SMILES string of the molecule is C=C(C)NC(=O)NCCc1ccccc1F. The van der Waals surface area contributed by atoms with Gasteiger partial charge in [-0.25, -0.2) is 9.18 Å². The molecule has 0 heterocycles. The van der Waals surface area contributed by atoms with Crippen LogP contribution in [0, 0.1) is 5.82 Å². The highest BCUT2D eigenvalue weighted by atomic mass is 19.1. The van der Waals surface area contributed by atoms with Gasteiger partial charge in [0.15, 0.2) is 0 Å². The fourth-order valence-electron chi connectivity index (χ4n) is 1.25. The number of hydrogen-bond donors (Lipinski definition) is 2. The Balaban J connectivity index is 2.33. The average Bonchev–Trinajstić information content (AvgIpc) is 2.19. The number of carbonyl (C=O) groups excluding carboxylic acids is 1. The molecule has 0 aliphatic heterocycles. The third-order valence-corrected chi connectivity index (χ3v) is 1.96. The van der Waals surface area contributed by atoms with Gasteiger partial charge < -0.3 is 10.6 Å². The van der Waals surface area contributed by atoms with Crippen LogP contribution in [0.4, 0.5) is 9.18 Å². The van der Waals surface area contributed by atoms with Crippen molar-refractivity contribution in [2.45, 2.75) is 13.3 Å². The summed E-state index contributed by atoms with van der Waals surface area (Å²) in [6, 6.07) is 6.20. The molecule has 0 aromatic heterocycles. The van der Waals surface area contributed by atoms with Crippen molar-refractivity contribution in [2.24, 2.45) is 0 Å². The average molecular weight is 222 g/mol. The Kier molecular flexibility index (Phi) is 4.51. The van der Waals surface area contributed by atoms with E-state index >= 15 is 0 Å². The van der Waals surface area contributed by atoms with Crippen LogP contribution >= 0.6 is 0 Å². The zero-order valence-electron chi connectivity index (χ0n) is 9.22. The molecule has 0 atom stereocenters. The van der Waals surface area contributed by atoms with Crippen molar-refractivity contribution >= 4 is 6.03 Å². The minimum Gasteiger partial charge on any atom is -0.338 e. The van der Waals surface area contributed by atoms with Crippen LogP contribution in [-0.2, 0) is 6.42 Å². The predicted octanol–water partition coefficient (Wildman–Crippen LogP) is 2.20. The molecule has 0 aliphatic rings. The van der Waals surface area contributed by atoms with Crippen LogP contribution in [0.1, 0.15) is 12.5 Å². The van der Waals surface area contributed by atoms with Crippen LogP contribution in [0.3, 0.4) is 0 Å². The summed E-state index contributed by atoms with van der Waals surface area (Å²) in [6.45, 7) is 5.62. The van der Waals surface area contributed by atoms with E-state index < -0.39 is 0 Å². The van der Waals surface area contributed by atoms with Crippen molar-refractivity contribution in [3.05, 3.63) is 47.9 Å². The molecule has 0 saturated heterocycles. The smallest absolute Gasteiger partial charge is 0.318 e. The maximum atomic E-state index is 13.2. The standard InChI is InChI=1S/C12H15FN2O/c1-9(2)15-12(16)14-8-7-10-5-3-4-6-11(10)13/h3-6H,1,7-8H2,2H3,(H2,14,15,16). The summed E-state index contributed by atoms with van der Waals surface area (Å²) in [5.41, 5.74) is 1.17. The van der Waals surface area contributed by atoms with Crippen LogP contribution in [0.25, 0.3) is 0 Å². The first kappa shape index (κ1) is 12.2. The van der Waals surface area contributed by atoms with E-state index in [-0.39, 0.29) is 11.8 Å². The Hall–Kier alpha value is -1.84. The zero-order valence-corrected chi connectivity index (χ0v) is 9.22. The van der Waals surface area contributed by atoms with Gasteiger partial charge in [-0.1, -0.05) is 24.8 Å². The summed E-state index contributed by atoms with van der Waals surface area (Å²) in [4.78, 5) is 11.2. The summed E-state index contributed by atoms with van der Waals surface area (Å²) in [5.74, 6) is -0.246. The molecular formula is C12H15FN2O. The molecule has 16 heavy (non-hydrogen) atoms. The van der Waals surface area contributed by atoms with Gasteiger partial charge in [0, 0.05) is 12.2 Å². The number of hydrogen-bond acceptors (Lipinski definition) is 1. The number of benzene rings is 1. The first-order chi connectivity index (χ1) is 7.59. The molecule has 0 fully saturated rings. The highest BCUT2D eigenvalue weighted by Gasteiger charge is 2.02. The lowest BCUT2D eigenvalue weighted by molar-refractivity contribution is 0.243. The number of carbonyl (C=O) groups is 1. The maximum absolute atomic E-state index is 13.2. The molecule has 0 saturated carbocycles. The molecule has 2 amide bonds. The molecule has 4 heteroatoms. The van der Waals surface area contributed by atoms with Crippen LogP contribution in [0.2, 0.25) is 0 Å². The number of rotatable bonds is 4. The molecule has 1 aromatic carbocycles. The summed E-state index contributed by atoms with van der Waals surface area (Å²) in [7, 11) is 0. The summed E-state index contributed by atoms with van der Waals surface area (Å²) in [5, 5.41) is 5.12. The quantitative estimate of drug-likeness (QED) is 0.805. The number of nitrogens with one attached hydrogen (secondary N) is 2. The van der Waals surface area contributed by atoms with Gasteiger partial charge in [0.25, 0.3) is 0 Å². The fourth-order valence-corrected chi connectivity index (χ4v) is 1.25. The Bertz CT molecular complexity index is 390. The predicted molar refractivity (Wildman–Crippen MR) is 61.5 cm³/mol. The molecule has 1 aromatic rings. The lowest BCUT2D eigenvalue weighted by Gasteiger charge is -2.07. The number of urea groups is 1. The van der Waals surface area contributed by atoms with Gasteiger partial charge in [-0.05, 0) is 25.0 Å². The number of amides is 2. The van der Waals surface area contributed by atoms with E-state index in [1.807, 2.05) is 0 Å². The number of allylic oxidation sites excluding steroid dienone is 1. The van der Waals surface area contributed by atoms with Crippen molar-refractivity contribution < 1.29 is 9.18 Å². The van der Waals surface area contributed by atoms with Crippen molar-refractivity contribution in [2.75, 3.05) is 6.54 Å². The van der Waals surface area contributed by atoms with Gasteiger partial charge >= 0.3 is 6.03 Å². The first-order valence-corrected chi connectivity index (χ1v) is 5.03. The fraction of sp³-hybridized carbons (Fsp3) is 0.250. The highest BCUT2D eigenvalue weighted by molar-refractivity contribution is 5.75. The summed E-state index contributed by atoms with van der Waals surface area (Å²) in [6.07, 6.45) is 0.469. The van der Waals surface area contributed by atoms with Gasteiger partial charge in [0.2, 0.25) is 0 Å². The van der Waals surface area contributed by atoms with Crippen LogP contribution in [0.15, 0.2) is 36.5 Å². The third kappa shape index (κ3) is 4.13. The lowest BCUT2D eigenvalue weighted by atomic mass is 10.1. The van der Waals surface area contributed by atoms with E-state index in [9.17, 15) is 9.18 Å². The normalized spacial score (nSPS) is 9.62. The second kappa shape index (κ2) is 5.90. The minimum absolute atomic E-state index is 0.246. The molecule has 3 nitrogen and oxygen atoms in total. The minimum atomic E-state index is -0.316. The summed E-state index contributed by atoms with van der Waals surface area (Å²) >= 11 is 0. The van der Waals surface area contributed by atoms with Gasteiger partial charge in [0.05, 0.1) is 0 Å². The van der Waals surface area contributed by atoms with Crippen molar-refractivity contribution in [1.29, 1.82) is 0 Å². The molecule has 0 unspecified atom stereocenters. The van der Waals surface area contributed by atoms with E-state index in [4.69, 9.17) is 0 Å². The molecule has 86 valence electrons. The van der Waals surface area contributed by atoms with Crippen LogP contribution in [-0.4, -0.2) is 12.6 Å². The van der Waals surface area contributed by atoms with Gasteiger partial charge in [-0.2, -0.15) is 0 Å². The molecule has 0 aliphatic carbocycles. The van der Waals surface area contributed by atoms with E-state index in [1.54, 1.807) is 25.1 Å². The van der Waals surface area contributed by atoms with Crippen molar-refractivity contribution in [3.8, 4) is 0 Å². The zero-order chi connectivity index (χ0) is 12.0. The molecule has 0 bridgehead atoms. The van der Waals surface area contributed by atoms with Gasteiger partial charge in [-0.3, -0.25) is 0 Å². The van der Waals surface area contributed by atoms with E-state index in [2.05, 4.69) is 17.2 Å². The first-order valence-electron chi connectivity index (χ1n) is 5.03. The second-order valence-electron chi connectivity index (χ2n) is 3.50. The Labute approximate surface area is 94.4 Å². The van der Waals surface area contributed by atoms with Crippen LogP contribution in [0.5, 0.6) is 0 Å². The van der Waals surface area contributed by atoms with Gasteiger partial charge in [-0.15, -0.1) is 0 Å². The van der Waals surface area contributed by atoms with Crippen molar-refractivity contribution in [1.82, 2.24) is 10.6 Å². The van der Waals surface area contributed by atoms with Crippen molar-refractivity contribution in [3.63, 3.8) is 0 Å². The maximum Gasteiger partial charge on any atom is 0.318 e. The third-order valence-electron chi connectivity index (χ3n) is 1.96. The largest absolute Gasteiger partial charge is 0.338 e. The second-order valence-corrected chi connectivity index (χ2v) is 3.50. The highest BCUT2D eigenvalue weighted by Crippen LogP contribution is 2.05. The lowest BCUT2D eigenvalue weighted by Crippen LogP contribution is -2.35. The van der Waals surface area contributed by atoms with E-state index in [1.165, 1.54) is 6.07 Å². The summed E-state index contributed by atoms with van der Waals surface area (Å²) < 4.78 is 13.2. The molecular weight excluding hydrogens is 207 g/mol. The van der Waals surface area contributed by atoms with E-state index in [0.29, 0.717) is 24.2 Å².